The fraction of sp³-hybridized carbons (Fsp3) is 1.00. The van der Waals surface area contributed by atoms with Gasteiger partial charge >= 0.3 is 0 Å². The molecule has 0 aromatic rings. The zero-order valence-electron chi connectivity index (χ0n) is 10.8. The maximum absolute atomic E-state index is 9.05. The molecular formula is C10H28N4O4. The van der Waals surface area contributed by atoms with Gasteiger partial charge in [0.05, 0.1) is 32.5 Å². The quantitative estimate of drug-likeness (QED) is 0.223. The molecule has 0 aromatic carbocycles. The molecule has 10 N–H and O–H groups in total. The van der Waals surface area contributed by atoms with Crippen molar-refractivity contribution in [2.45, 2.75) is 12.2 Å². The lowest BCUT2D eigenvalue weighted by molar-refractivity contribution is -0.0502. The molecule has 0 fully saturated rings. The van der Waals surface area contributed by atoms with Gasteiger partial charge in [-0.15, -0.1) is 0 Å². The second-order valence-electron chi connectivity index (χ2n) is 3.37. The third kappa shape index (κ3) is 13.7. The Balaban J connectivity index is 0. The highest BCUT2D eigenvalue weighted by Gasteiger charge is 2.16. The number of aliphatic hydroxyl groups is 2. The highest BCUT2D eigenvalue weighted by Crippen LogP contribution is 1.96. The molecule has 0 saturated heterocycles. The van der Waals surface area contributed by atoms with Crippen LogP contribution >= 0.6 is 0 Å². The molecule has 0 saturated carbocycles. The van der Waals surface area contributed by atoms with Crippen molar-refractivity contribution in [1.29, 1.82) is 0 Å². The van der Waals surface area contributed by atoms with E-state index in [0.717, 1.165) is 0 Å². The molecule has 8 heteroatoms. The maximum atomic E-state index is 9.05. The summed E-state index contributed by atoms with van der Waals surface area (Å²) in [6, 6.07) is 0. The number of nitrogens with two attached hydrogens (primary N) is 4. The standard InChI is InChI=1S/C6H16N2O3.C4H12N2O/c7-1-2-11-6(3-8)5(10)4-9;5-1-3-7-4-2-6/h5-6,9-10H,1-4,7-8H2;1-6H2. The number of aliphatic hydroxyl groups excluding tert-OH is 2. The van der Waals surface area contributed by atoms with E-state index in [9.17, 15) is 0 Å². The van der Waals surface area contributed by atoms with E-state index in [1.807, 2.05) is 0 Å². The molecular weight excluding hydrogens is 240 g/mol. The second-order valence-corrected chi connectivity index (χ2v) is 3.37. The van der Waals surface area contributed by atoms with Gasteiger partial charge in [-0.2, -0.15) is 0 Å². The Labute approximate surface area is 108 Å². The minimum absolute atomic E-state index is 0.182. The SMILES string of the molecule is NCCOC(CN)C(O)CO.NCCOCCN. The zero-order chi connectivity index (χ0) is 14.2. The van der Waals surface area contributed by atoms with E-state index in [2.05, 4.69) is 0 Å². The van der Waals surface area contributed by atoms with Crippen LogP contribution < -0.4 is 22.9 Å². The van der Waals surface area contributed by atoms with E-state index in [-0.39, 0.29) is 13.2 Å². The summed E-state index contributed by atoms with van der Waals surface area (Å²) in [6.07, 6.45) is -1.42. The molecule has 112 valence electrons. The van der Waals surface area contributed by atoms with Crippen LogP contribution in [0.15, 0.2) is 0 Å². The molecule has 2 atom stereocenters. The Kier molecular flexibility index (Phi) is 18.5. The molecule has 0 rings (SSSR count). The van der Waals surface area contributed by atoms with Gasteiger partial charge in [0, 0.05) is 26.2 Å². The van der Waals surface area contributed by atoms with Gasteiger partial charge in [-0.25, -0.2) is 0 Å². The molecule has 0 radical (unpaired) electrons. The fourth-order valence-electron chi connectivity index (χ4n) is 0.942. The van der Waals surface area contributed by atoms with Gasteiger partial charge in [0.2, 0.25) is 0 Å². The van der Waals surface area contributed by atoms with Gasteiger partial charge < -0.3 is 42.6 Å². The number of hydrogen-bond acceptors (Lipinski definition) is 8. The van der Waals surface area contributed by atoms with Crippen molar-refractivity contribution in [1.82, 2.24) is 0 Å². The number of rotatable bonds is 10. The number of ether oxygens (including phenoxy) is 2. The molecule has 0 amide bonds. The van der Waals surface area contributed by atoms with Crippen molar-refractivity contribution in [3.8, 4) is 0 Å². The molecule has 0 aliphatic heterocycles. The van der Waals surface area contributed by atoms with Crippen molar-refractivity contribution < 1.29 is 19.7 Å². The Hall–Kier alpha value is -0.320. The summed E-state index contributed by atoms with van der Waals surface area (Å²) in [5, 5.41) is 17.6. The Morgan fingerprint density at radius 3 is 1.72 bits per heavy atom. The predicted molar refractivity (Wildman–Crippen MR) is 69.9 cm³/mol. The van der Waals surface area contributed by atoms with E-state index in [1.54, 1.807) is 0 Å². The van der Waals surface area contributed by atoms with E-state index in [1.165, 1.54) is 0 Å². The van der Waals surface area contributed by atoms with Gasteiger partial charge in [-0.3, -0.25) is 0 Å². The normalized spacial score (nSPS) is 13.7. The van der Waals surface area contributed by atoms with Gasteiger partial charge in [-0.1, -0.05) is 0 Å². The van der Waals surface area contributed by atoms with Crippen LogP contribution in [0, 0.1) is 0 Å². The topological polar surface area (TPSA) is 163 Å². The first-order valence-electron chi connectivity index (χ1n) is 5.96. The lowest BCUT2D eigenvalue weighted by atomic mass is 10.2. The first-order valence-corrected chi connectivity index (χ1v) is 5.96. The van der Waals surface area contributed by atoms with Crippen LogP contribution in [0.3, 0.4) is 0 Å². The van der Waals surface area contributed by atoms with Crippen LogP contribution in [-0.4, -0.2) is 75.0 Å². The summed E-state index contributed by atoms with van der Waals surface area (Å²) in [4.78, 5) is 0. The van der Waals surface area contributed by atoms with E-state index >= 15 is 0 Å². The summed E-state index contributed by atoms with van der Waals surface area (Å²) in [5.41, 5.74) is 20.6. The van der Waals surface area contributed by atoms with E-state index in [0.29, 0.717) is 39.5 Å². The zero-order valence-corrected chi connectivity index (χ0v) is 10.8. The molecule has 0 aromatic heterocycles. The average molecular weight is 268 g/mol. The van der Waals surface area contributed by atoms with Crippen LogP contribution in [0.25, 0.3) is 0 Å². The van der Waals surface area contributed by atoms with Crippen molar-refractivity contribution in [2.75, 3.05) is 52.6 Å². The molecule has 0 heterocycles. The van der Waals surface area contributed by atoms with Crippen molar-refractivity contribution in [3.05, 3.63) is 0 Å². The fourth-order valence-corrected chi connectivity index (χ4v) is 0.942. The smallest absolute Gasteiger partial charge is 0.104 e. The van der Waals surface area contributed by atoms with E-state index < -0.39 is 12.2 Å². The average Bonchev–Trinajstić information content (AvgIpc) is 2.40. The van der Waals surface area contributed by atoms with Crippen molar-refractivity contribution in [2.24, 2.45) is 22.9 Å². The first kappa shape index (κ1) is 20.0. The maximum Gasteiger partial charge on any atom is 0.104 e. The molecule has 8 nitrogen and oxygen atoms in total. The lowest BCUT2D eigenvalue weighted by Gasteiger charge is -2.19. The minimum Gasteiger partial charge on any atom is -0.394 e. The molecule has 2 unspecified atom stereocenters. The summed E-state index contributed by atoms with van der Waals surface area (Å²) in [7, 11) is 0. The van der Waals surface area contributed by atoms with Crippen molar-refractivity contribution >= 4 is 0 Å². The molecule has 0 spiro atoms. The summed E-state index contributed by atoms with van der Waals surface area (Å²) in [6.45, 7) is 2.98. The first-order chi connectivity index (χ1) is 8.67. The van der Waals surface area contributed by atoms with Gasteiger partial charge in [0.25, 0.3) is 0 Å². The van der Waals surface area contributed by atoms with Crippen LogP contribution in [0.4, 0.5) is 0 Å². The summed E-state index contributed by atoms with van der Waals surface area (Å²) >= 11 is 0. The highest BCUT2D eigenvalue weighted by atomic mass is 16.5. The van der Waals surface area contributed by atoms with Crippen LogP contribution in [0.1, 0.15) is 0 Å². The molecule has 0 aliphatic carbocycles. The summed E-state index contributed by atoms with van der Waals surface area (Å²) < 4.78 is 9.92. The Morgan fingerprint density at radius 1 is 0.889 bits per heavy atom. The number of hydrogen-bond donors (Lipinski definition) is 6. The third-order valence-corrected chi connectivity index (χ3v) is 1.82. The van der Waals surface area contributed by atoms with E-state index in [4.69, 9.17) is 42.6 Å². The van der Waals surface area contributed by atoms with Crippen LogP contribution in [-0.2, 0) is 9.47 Å². The summed E-state index contributed by atoms with van der Waals surface area (Å²) in [5.74, 6) is 0. The third-order valence-electron chi connectivity index (χ3n) is 1.82. The Morgan fingerprint density at radius 2 is 1.39 bits per heavy atom. The van der Waals surface area contributed by atoms with Crippen molar-refractivity contribution in [3.63, 3.8) is 0 Å². The Bertz CT molecular complexity index is 150. The molecule has 0 bridgehead atoms. The van der Waals surface area contributed by atoms with Gasteiger partial charge in [-0.05, 0) is 0 Å². The molecule has 18 heavy (non-hydrogen) atoms. The second kappa shape index (κ2) is 16.7. The lowest BCUT2D eigenvalue weighted by Crippen LogP contribution is -2.39. The minimum atomic E-state index is -0.911. The molecule has 0 aliphatic rings. The van der Waals surface area contributed by atoms with Gasteiger partial charge in [0.15, 0.2) is 0 Å². The monoisotopic (exact) mass is 268 g/mol. The van der Waals surface area contributed by atoms with Crippen LogP contribution in [0.5, 0.6) is 0 Å². The highest BCUT2D eigenvalue weighted by molar-refractivity contribution is 4.68. The predicted octanol–water partition coefficient (Wildman–Crippen LogP) is -3.44. The largest absolute Gasteiger partial charge is 0.394 e. The van der Waals surface area contributed by atoms with Crippen LogP contribution in [0.2, 0.25) is 0 Å². The van der Waals surface area contributed by atoms with Gasteiger partial charge in [0.1, 0.15) is 6.10 Å².